The first-order valence-electron chi connectivity index (χ1n) is 9.13. The molecule has 0 saturated carbocycles. The van der Waals surface area contributed by atoms with Gasteiger partial charge in [0.25, 0.3) is 0 Å². The van der Waals surface area contributed by atoms with E-state index in [0.717, 1.165) is 22.4 Å². The predicted molar refractivity (Wildman–Crippen MR) is 110 cm³/mol. The van der Waals surface area contributed by atoms with Crippen LogP contribution in [0.4, 0.5) is 0 Å². The Morgan fingerprint density at radius 1 is 1.07 bits per heavy atom. The van der Waals surface area contributed by atoms with Crippen molar-refractivity contribution >= 4 is 15.9 Å². The van der Waals surface area contributed by atoms with Gasteiger partial charge in [-0.1, -0.05) is 18.2 Å². The molecule has 2 N–H and O–H groups in total. The Morgan fingerprint density at radius 2 is 1.90 bits per heavy atom. The second kappa shape index (κ2) is 9.40. The van der Waals surface area contributed by atoms with Crippen molar-refractivity contribution < 1.29 is 13.2 Å². The van der Waals surface area contributed by atoms with Crippen LogP contribution >= 0.6 is 0 Å². The Morgan fingerprint density at radius 3 is 2.66 bits per heavy atom. The Labute approximate surface area is 170 Å². The molecule has 2 aromatic heterocycles. The normalized spacial score (nSPS) is 11.2. The Hall–Kier alpha value is -3.10. The molecule has 29 heavy (non-hydrogen) atoms. The first kappa shape index (κ1) is 20.6. The van der Waals surface area contributed by atoms with Gasteiger partial charge in [-0.15, -0.1) is 0 Å². The number of pyridine rings is 2. The highest BCUT2D eigenvalue weighted by atomic mass is 32.2. The number of aryl methyl sites for hydroxylation is 1. The number of nitrogens with zero attached hydrogens (tertiary/aromatic N) is 2. The third kappa shape index (κ3) is 5.69. The number of carbonyl (C=O) groups excluding carboxylic acids is 1. The van der Waals surface area contributed by atoms with Crippen LogP contribution in [0.3, 0.4) is 0 Å². The average Bonchev–Trinajstić information content (AvgIpc) is 2.73. The molecule has 3 aromatic rings. The van der Waals surface area contributed by atoms with Gasteiger partial charge in [0.2, 0.25) is 15.9 Å². The Balaban J connectivity index is 1.54. The maximum absolute atomic E-state index is 12.3. The number of carbonyl (C=O) groups is 1. The maximum Gasteiger partial charge on any atom is 0.240 e. The topological polar surface area (TPSA) is 101 Å². The molecule has 0 spiro atoms. The summed E-state index contributed by atoms with van der Waals surface area (Å²) in [6, 6.07) is 14.0. The van der Waals surface area contributed by atoms with Crippen LogP contribution in [0.5, 0.6) is 0 Å². The number of sulfonamides is 1. The average molecular weight is 410 g/mol. The monoisotopic (exact) mass is 410 g/mol. The zero-order valence-electron chi connectivity index (χ0n) is 16.0. The fourth-order valence-electron chi connectivity index (χ4n) is 2.79. The summed E-state index contributed by atoms with van der Waals surface area (Å²) in [5, 5.41) is 2.81. The van der Waals surface area contributed by atoms with Crippen LogP contribution < -0.4 is 10.0 Å². The molecule has 0 aliphatic heterocycles. The highest BCUT2D eigenvalue weighted by Crippen LogP contribution is 2.19. The lowest BCUT2D eigenvalue weighted by atomic mass is 10.1. The van der Waals surface area contributed by atoms with Gasteiger partial charge < -0.3 is 5.32 Å². The first-order valence-corrected chi connectivity index (χ1v) is 10.6. The molecular weight excluding hydrogens is 388 g/mol. The van der Waals surface area contributed by atoms with E-state index >= 15 is 0 Å². The molecule has 8 heteroatoms. The van der Waals surface area contributed by atoms with E-state index in [2.05, 4.69) is 20.0 Å². The molecule has 0 atom stereocenters. The van der Waals surface area contributed by atoms with Crippen molar-refractivity contribution in [1.82, 2.24) is 20.0 Å². The fourth-order valence-corrected chi connectivity index (χ4v) is 3.93. The third-order valence-electron chi connectivity index (χ3n) is 4.25. The number of amides is 1. The van der Waals surface area contributed by atoms with Gasteiger partial charge in [0.1, 0.15) is 0 Å². The summed E-state index contributed by atoms with van der Waals surface area (Å²) in [7, 11) is -3.64. The van der Waals surface area contributed by atoms with E-state index in [0.29, 0.717) is 6.54 Å². The summed E-state index contributed by atoms with van der Waals surface area (Å²) in [4.78, 5) is 20.8. The fraction of sp³-hybridized carbons (Fsp3) is 0.190. The smallest absolute Gasteiger partial charge is 0.240 e. The van der Waals surface area contributed by atoms with Crippen molar-refractivity contribution in [2.75, 3.05) is 6.54 Å². The highest BCUT2D eigenvalue weighted by molar-refractivity contribution is 7.89. The summed E-state index contributed by atoms with van der Waals surface area (Å²) in [5.41, 5.74) is 3.32. The van der Waals surface area contributed by atoms with Crippen molar-refractivity contribution in [1.29, 1.82) is 0 Å². The zero-order valence-corrected chi connectivity index (χ0v) is 16.8. The second-order valence-electron chi connectivity index (χ2n) is 6.49. The van der Waals surface area contributed by atoms with E-state index in [-0.39, 0.29) is 23.8 Å². The molecule has 0 unspecified atom stereocenters. The second-order valence-corrected chi connectivity index (χ2v) is 8.26. The first-order chi connectivity index (χ1) is 14.0. The molecule has 0 fully saturated rings. The van der Waals surface area contributed by atoms with Gasteiger partial charge in [-0.3, -0.25) is 14.8 Å². The van der Waals surface area contributed by atoms with E-state index in [1.807, 2.05) is 31.2 Å². The third-order valence-corrected chi connectivity index (χ3v) is 5.70. The molecule has 0 aliphatic rings. The van der Waals surface area contributed by atoms with E-state index in [1.54, 1.807) is 36.8 Å². The minimum Gasteiger partial charge on any atom is -0.352 e. The van der Waals surface area contributed by atoms with Crippen LogP contribution in [0.1, 0.15) is 17.5 Å². The van der Waals surface area contributed by atoms with Gasteiger partial charge in [0, 0.05) is 43.7 Å². The van der Waals surface area contributed by atoms with Crippen LogP contribution in [0, 0.1) is 6.92 Å². The number of hydrogen-bond donors (Lipinski definition) is 2. The van der Waals surface area contributed by atoms with Crippen molar-refractivity contribution in [2.45, 2.75) is 24.8 Å². The number of hydrogen-bond acceptors (Lipinski definition) is 5. The van der Waals surface area contributed by atoms with Crippen LogP contribution in [0.25, 0.3) is 11.3 Å². The van der Waals surface area contributed by atoms with Crippen molar-refractivity contribution in [3.63, 3.8) is 0 Å². The van der Waals surface area contributed by atoms with Crippen LogP contribution in [0.2, 0.25) is 0 Å². The van der Waals surface area contributed by atoms with Gasteiger partial charge in [-0.2, -0.15) is 0 Å². The molecular formula is C21H22N4O3S. The molecule has 7 nitrogen and oxygen atoms in total. The lowest BCUT2D eigenvalue weighted by Gasteiger charge is -2.10. The van der Waals surface area contributed by atoms with Gasteiger partial charge in [-0.05, 0) is 48.4 Å². The van der Waals surface area contributed by atoms with Gasteiger partial charge in [-0.25, -0.2) is 13.1 Å². The van der Waals surface area contributed by atoms with Crippen molar-refractivity contribution in [2.24, 2.45) is 0 Å². The maximum atomic E-state index is 12.3. The summed E-state index contributed by atoms with van der Waals surface area (Å²) in [5.74, 6) is -0.252. The predicted octanol–water partition coefficient (Wildman–Crippen LogP) is 2.44. The lowest BCUT2D eigenvalue weighted by Crippen LogP contribution is -2.30. The number of benzene rings is 1. The molecule has 0 radical (unpaired) electrons. The standard InChI is InChI=1S/C21H22N4O3S/c1-16-5-2-8-19(13-16)29(27,28)25-12-9-20(26)24-15-18-7-4-11-23-21(18)17-6-3-10-22-14-17/h2-8,10-11,13-14,25H,9,12,15H2,1H3,(H,24,26). The molecule has 1 amide bonds. The zero-order chi connectivity index (χ0) is 20.7. The SMILES string of the molecule is Cc1cccc(S(=O)(=O)NCCC(=O)NCc2cccnc2-c2cccnc2)c1. The molecule has 0 bridgehead atoms. The van der Waals surface area contributed by atoms with Gasteiger partial charge >= 0.3 is 0 Å². The largest absolute Gasteiger partial charge is 0.352 e. The van der Waals surface area contributed by atoms with E-state index in [9.17, 15) is 13.2 Å². The summed E-state index contributed by atoms with van der Waals surface area (Å²) in [6.45, 7) is 2.14. The van der Waals surface area contributed by atoms with Crippen LogP contribution in [-0.4, -0.2) is 30.8 Å². The number of rotatable bonds is 8. The highest BCUT2D eigenvalue weighted by Gasteiger charge is 2.14. The van der Waals surface area contributed by atoms with Crippen molar-refractivity contribution in [3.05, 3.63) is 78.2 Å². The van der Waals surface area contributed by atoms with Crippen LogP contribution in [-0.2, 0) is 21.4 Å². The molecule has 150 valence electrons. The molecule has 3 rings (SSSR count). The lowest BCUT2D eigenvalue weighted by molar-refractivity contribution is -0.121. The minimum atomic E-state index is -3.64. The summed E-state index contributed by atoms with van der Waals surface area (Å²) < 4.78 is 27.0. The summed E-state index contributed by atoms with van der Waals surface area (Å²) in [6.07, 6.45) is 5.13. The number of nitrogens with one attached hydrogen (secondary N) is 2. The quantitative estimate of drug-likeness (QED) is 0.594. The van der Waals surface area contributed by atoms with Gasteiger partial charge in [0.05, 0.1) is 10.6 Å². The molecule has 0 aliphatic carbocycles. The molecule has 2 heterocycles. The minimum absolute atomic E-state index is 0.0185. The summed E-state index contributed by atoms with van der Waals surface area (Å²) >= 11 is 0. The van der Waals surface area contributed by atoms with E-state index in [1.165, 1.54) is 6.07 Å². The molecule has 1 aromatic carbocycles. The van der Waals surface area contributed by atoms with E-state index in [4.69, 9.17) is 0 Å². The van der Waals surface area contributed by atoms with Gasteiger partial charge in [0.15, 0.2) is 0 Å². The Bertz CT molecular complexity index is 1090. The van der Waals surface area contributed by atoms with Crippen molar-refractivity contribution in [3.8, 4) is 11.3 Å². The number of aromatic nitrogens is 2. The van der Waals surface area contributed by atoms with Crippen LogP contribution in [0.15, 0.2) is 72.0 Å². The molecule has 0 saturated heterocycles. The Kier molecular flexibility index (Phi) is 6.69. The van der Waals surface area contributed by atoms with E-state index < -0.39 is 10.0 Å².